The molecule has 2 rings (SSSR count). The summed E-state index contributed by atoms with van der Waals surface area (Å²) in [5.74, 6) is -0.343. The summed E-state index contributed by atoms with van der Waals surface area (Å²) in [7, 11) is 1.30. The van der Waals surface area contributed by atoms with Crippen LogP contribution in [0.5, 0.6) is 5.75 Å². The van der Waals surface area contributed by atoms with Crippen molar-refractivity contribution in [1.29, 1.82) is 0 Å². The van der Waals surface area contributed by atoms with Crippen molar-refractivity contribution in [2.75, 3.05) is 18.6 Å². The van der Waals surface area contributed by atoms with E-state index >= 15 is 0 Å². The third-order valence-electron chi connectivity index (χ3n) is 3.29. The smallest absolute Gasteiger partial charge is 0.418 e. The molecule has 1 amide bonds. The van der Waals surface area contributed by atoms with E-state index in [2.05, 4.69) is 6.58 Å². The van der Waals surface area contributed by atoms with E-state index in [1.165, 1.54) is 19.2 Å². The van der Waals surface area contributed by atoms with Crippen LogP contribution in [0.15, 0.2) is 30.9 Å². The number of carbonyl (C=O) groups is 1. The van der Waals surface area contributed by atoms with Crippen molar-refractivity contribution >= 4 is 11.6 Å². The molecule has 1 aliphatic rings. The van der Waals surface area contributed by atoms with Gasteiger partial charge >= 0.3 is 6.18 Å². The Morgan fingerprint density at radius 2 is 2.15 bits per heavy atom. The first-order valence-electron chi connectivity index (χ1n) is 6.05. The molecule has 20 heavy (non-hydrogen) atoms. The Labute approximate surface area is 114 Å². The van der Waals surface area contributed by atoms with E-state index in [4.69, 9.17) is 4.74 Å². The molecule has 0 bridgehead atoms. The molecule has 0 aliphatic carbocycles. The van der Waals surface area contributed by atoms with E-state index in [0.717, 1.165) is 11.0 Å². The van der Waals surface area contributed by atoms with Gasteiger partial charge < -0.3 is 9.64 Å². The number of anilines is 1. The number of hydrogen-bond donors (Lipinski definition) is 0. The molecular weight excluding hydrogens is 271 g/mol. The lowest BCUT2D eigenvalue weighted by molar-refractivity contribution is -0.137. The Morgan fingerprint density at radius 1 is 1.45 bits per heavy atom. The van der Waals surface area contributed by atoms with Crippen molar-refractivity contribution in [3.05, 3.63) is 36.4 Å². The van der Waals surface area contributed by atoms with Crippen LogP contribution in [-0.4, -0.2) is 19.6 Å². The molecule has 108 valence electrons. The number of alkyl halides is 3. The maximum Gasteiger partial charge on any atom is 0.418 e. The van der Waals surface area contributed by atoms with Crippen molar-refractivity contribution in [3.63, 3.8) is 0 Å². The molecule has 1 aromatic rings. The van der Waals surface area contributed by atoms with Crippen LogP contribution in [0.25, 0.3) is 0 Å². The van der Waals surface area contributed by atoms with Crippen molar-refractivity contribution in [2.45, 2.75) is 12.6 Å². The Balaban J connectivity index is 2.46. The number of nitrogens with zero attached hydrogens (tertiary/aromatic N) is 1. The molecule has 0 spiro atoms. The number of amides is 1. The Hall–Kier alpha value is -1.98. The number of carbonyl (C=O) groups excluding carboxylic acids is 1. The lowest BCUT2D eigenvalue weighted by Gasteiger charge is -2.22. The van der Waals surface area contributed by atoms with Crippen LogP contribution in [-0.2, 0) is 11.0 Å². The minimum Gasteiger partial charge on any atom is -0.497 e. The van der Waals surface area contributed by atoms with Crippen molar-refractivity contribution in [2.24, 2.45) is 5.92 Å². The predicted octanol–water partition coefficient (Wildman–Crippen LogP) is 3.25. The summed E-state index contributed by atoms with van der Waals surface area (Å²) in [6.45, 7) is 3.80. The van der Waals surface area contributed by atoms with Gasteiger partial charge in [-0.05, 0) is 18.2 Å². The highest BCUT2D eigenvalue weighted by Crippen LogP contribution is 2.40. The van der Waals surface area contributed by atoms with E-state index < -0.39 is 11.7 Å². The summed E-state index contributed by atoms with van der Waals surface area (Å²) in [6, 6.07) is 3.59. The van der Waals surface area contributed by atoms with Gasteiger partial charge in [-0.25, -0.2) is 0 Å². The van der Waals surface area contributed by atoms with Gasteiger partial charge in [0, 0.05) is 18.9 Å². The highest BCUT2D eigenvalue weighted by molar-refractivity contribution is 5.96. The van der Waals surface area contributed by atoms with Gasteiger partial charge in [0.05, 0.1) is 18.4 Å². The van der Waals surface area contributed by atoms with Gasteiger partial charge in [-0.2, -0.15) is 13.2 Å². The first-order valence-corrected chi connectivity index (χ1v) is 6.05. The Bertz CT molecular complexity index is 540. The first-order chi connectivity index (χ1) is 9.36. The van der Waals surface area contributed by atoms with Crippen LogP contribution in [0.2, 0.25) is 0 Å². The zero-order valence-electron chi connectivity index (χ0n) is 10.9. The van der Waals surface area contributed by atoms with Gasteiger partial charge in [0.1, 0.15) is 5.75 Å². The molecule has 0 radical (unpaired) electrons. The molecule has 3 nitrogen and oxygen atoms in total. The lowest BCUT2D eigenvalue weighted by atomic mass is 10.1. The van der Waals surface area contributed by atoms with Crippen LogP contribution in [0, 0.1) is 5.92 Å². The van der Waals surface area contributed by atoms with Gasteiger partial charge in [-0.1, -0.05) is 6.08 Å². The maximum absolute atomic E-state index is 13.1. The molecular formula is C14H14F3NO2. The zero-order chi connectivity index (χ0) is 14.9. The second kappa shape index (κ2) is 5.19. The highest BCUT2D eigenvalue weighted by atomic mass is 19.4. The highest BCUT2D eigenvalue weighted by Gasteiger charge is 2.39. The molecule has 0 saturated carbocycles. The molecule has 6 heteroatoms. The molecule has 1 heterocycles. The van der Waals surface area contributed by atoms with Crippen LogP contribution in [0.1, 0.15) is 12.0 Å². The number of hydrogen-bond acceptors (Lipinski definition) is 2. The number of rotatable bonds is 3. The van der Waals surface area contributed by atoms with E-state index in [0.29, 0.717) is 0 Å². The fourth-order valence-electron chi connectivity index (χ4n) is 2.23. The molecule has 1 aliphatic heterocycles. The summed E-state index contributed by atoms with van der Waals surface area (Å²) in [6.07, 6.45) is -2.77. The van der Waals surface area contributed by atoms with Crippen LogP contribution >= 0.6 is 0 Å². The second-order valence-electron chi connectivity index (χ2n) is 4.59. The first kappa shape index (κ1) is 14.4. The van der Waals surface area contributed by atoms with E-state index in [1.54, 1.807) is 6.08 Å². The number of methoxy groups -OCH3 is 1. The number of ether oxygens (including phenoxy) is 1. The van der Waals surface area contributed by atoms with Gasteiger partial charge in [-0.15, -0.1) is 6.58 Å². The van der Waals surface area contributed by atoms with Gasteiger partial charge in [0.15, 0.2) is 0 Å². The fraction of sp³-hybridized carbons (Fsp3) is 0.357. The summed E-state index contributed by atoms with van der Waals surface area (Å²) >= 11 is 0. The Morgan fingerprint density at radius 3 is 2.65 bits per heavy atom. The van der Waals surface area contributed by atoms with Crippen molar-refractivity contribution < 1.29 is 22.7 Å². The Kier molecular flexibility index (Phi) is 3.74. The maximum atomic E-state index is 13.1. The molecule has 1 atom stereocenters. The number of halogens is 3. The molecule has 0 N–H and O–H groups in total. The average molecular weight is 285 g/mol. The fourth-order valence-corrected chi connectivity index (χ4v) is 2.23. The summed E-state index contributed by atoms with van der Waals surface area (Å²) in [5.41, 5.74) is -0.998. The molecule has 1 aromatic carbocycles. The standard InChI is InChI=1S/C14H14F3NO2/c1-3-9-6-13(19)18(8-9)12-5-4-10(20-2)7-11(12)14(15,16)17/h3-5,7,9H,1,6,8H2,2H3. The zero-order valence-corrected chi connectivity index (χ0v) is 10.9. The summed E-state index contributed by atoms with van der Waals surface area (Å²) in [5, 5.41) is 0. The van der Waals surface area contributed by atoms with E-state index in [1.807, 2.05) is 0 Å². The SMILES string of the molecule is C=CC1CC(=O)N(c2ccc(OC)cc2C(F)(F)F)C1. The molecule has 1 unspecified atom stereocenters. The second-order valence-corrected chi connectivity index (χ2v) is 4.59. The van der Waals surface area contributed by atoms with Crippen LogP contribution in [0.3, 0.4) is 0 Å². The molecule has 0 aromatic heterocycles. The third-order valence-corrected chi connectivity index (χ3v) is 3.29. The van der Waals surface area contributed by atoms with Crippen molar-refractivity contribution in [1.82, 2.24) is 0 Å². The topological polar surface area (TPSA) is 29.5 Å². The molecule has 1 saturated heterocycles. The van der Waals surface area contributed by atoms with Gasteiger partial charge in [0.2, 0.25) is 5.91 Å². The lowest BCUT2D eigenvalue weighted by Crippen LogP contribution is -2.27. The van der Waals surface area contributed by atoms with Crippen molar-refractivity contribution in [3.8, 4) is 5.75 Å². The van der Waals surface area contributed by atoms with Gasteiger partial charge in [-0.3, -0.25) is 4.79 Å². The van der Waals surface area contributed by atoms with E-state index in [9.17, 15) is 18.0 Å². The predicted molar refractivity (Wildman–Crippen MR) is 68.7 cm³/mol. The van der Waals surface area contributed by atoms with Crippen LogP contribution < -0.4 is 9.64 Å². The number of benzene rings is 1. The minimum atomic E-state index is -4.55. The molecule has 1 fully saturated rings. The quantitative estimate of drug-likeness (QED) is 0.798. The largest absolute Gasteiger partial charge is 0.497 e. The summed E-state index contributed by atoms with van der Waals surface area (Å²) < 4.78 is 44.1. The van der Waals surface area contributed by atoms with Gasteiger partial charge in [0.25, 0.3) is 0 Å². The van der Waals surface area contributed by atoms with E-state index in [-0.39, 0.29) is 36.2 Å². The summed E-state index contributed by atoms with van der Waals surface area (Å²) in [4.78, 5) is 13.0. The minimum absolute atomic E-state index is 0.105. The normalized spacial score (nSPS) is 19.3. The average Bonchev–Trinajstić information content (AvgIpc) is 2.78. The third kappa shape index (κ3) is 2.64. The monoisotopic (exact) mass is 285 g/mol. The van der Waals surface area contributed by atoms with Crippen LogP contribution in [0.4, 0.5) is 18.9 Å².